The molecule has 4 atom stereocenters. The van der Waals surface area contributed by atoms with Gasteiger partial charge in [-0.15, -0.1) is 0 Å². The molecule has 144 valence electrons. The Balaban J connectivity index is 1.47. The standard InChI is InChI=1S/C24H25NO3/c26-18-9-8-17-15-19-24(27)11-4-7-20-23(24,21(17)22(18)28-20)12-14-25(19)13-10-16-5-2-1-3-6-16/h1-3,5-6,8-10,13,19-20,26-27H,4,7,11-12,14-15H2/t19-,20+,23-,24-/m1/s1. The molecule has 6 rings (SSSR count). The first-order chi connectivity index (χ1) is 13.6. The Hall–Kier alpha value is -2.46. The maximum atomic E-state index is 12.1. The van der Waals surface area contributed by atoms with Crippen molar-refractivity contribution in [3.63, 3.8) is 0 Å². The summed E-state index contributed by atoms with van der Waals surface area (Å²) in [4.78, 5) is 2.34. The number of ether oxygens (including phenoxy) is 1. The van der Waals surface area contributed by atoms with Gasteiger partial charge in [-0.2, -0.15) is 0 Å². The van der Waals surface area contributed by atoms with E-state index in [1.165, 1.54) is 11.1 Å². The molecular weight excluding hydrogens is 350 g/mol. The quantitative estimate of drug-likeness (QED) is 0.842. The van der Waals surface area contributed by atoms with Crippen molar-refractivity contribution >= 4 is 6.08 Å². The maximum absolute atomic E-state index is 12.1. The van der Waals surface area contributed by atoms with Gasteiger partial charge in [0.2, 0.25) is 0 Å². The SMILES string of the molecule is Oc1ccc2c3c1O[C@H]1CCC[C@@]4(O)[C@@H](C2)N(C=Cc2ccccc2)CC[C@]314. The summed E-state index contributed by atoms with van der Waals surface area (Å²) < 4.78 is 6.29. The summed E-state index contributed by atoms with van der Waals surface area (Å²) >= 11 is 0. The lowest BCUT2D eigenvalue weighted by Crippen LogP contribution is -2.74. The molecule has 0 amide bonds. The van der Waals surface area contributed by atoms with Gasteiger partial charge >= 0.3 is 0 Å². The molecule has 2 aromatic carbocycles. The summed E-state index contributed by atoms with van der Waals surface area (Å²) in [5.74, 6) is 0.851. The molecule has 0 unspecified atom stereocenters. The number of aromatic hydroxyl groups is 1. The number of piperidine rings is 1. The fraction of sp³-hybridized carbons (Fsp3) is 0.417. The molecule has 2 N–H and O–H groups in total. The topological polar surface area (TPSA) is 52.9 Å². The van der Waals surface area contributed by atoms with Crippen molar-refractivity contribution in [2.45, 2.75) is 55.3 Å². The van der Waals surface area contributed by atoms with Crippen LogP contribution < -0.4 is 4.74 Å². The van der Waals surface area contributed by atoms with Crippen LogP contribution in [0.3, 0.4) is 0 Å². The van der Waals surface area contributed by atoms with Gasteiger partial charge in [0.15, 0.2) is 11.5 Å². The highest BCUT2D eigenvalue weighted by Crippen LogP contribution is 2.65. The first-order valence-corrected chi connectivity index (χ1v) is 10.4. The van der Waals surface area contributed by atoms with Crippen LogP contribution in [-0.4, -0.2) is 39.4 Å². The first kappa shape index (κ1) is 16.5. The summed E-state index contributed by atoms with van der Waals surface area (Å²) in [7, 11) is 0. The third-order valence-corrected chi connectivity index (χ3v) is 7.66. The fourth-order valence-corrected chi connectivity index (χ4v) is 6.50. The summed E-state index contributed by atoms with van der Waals surface area (Å²) in [6.45, 7) is 0.894. The number of likely N-dealkylation sites (tertiary alicyclic amines) is 1. The Morgan fingerprint density at radius 1 is 1.11 bits per heavy atom. The summed E-state index contributed by atoms with van der Waals surface area (Å²) in [6.07, 6.45) is 8.62. The molecule has 0 radical (unpaired) electrons. The van der Waals surface area contributed by atoms with Crippen molar-refractivity contribution < 1.29 is 14.9 Å². The number of nitrogens with zero attached hydrogens (tertiary/aromatic N) is 1. The summed E-state index contributed by atoms with van der Waals surface area (Å²) in [6, 6.07) is 14.1. The number of phenols is 1. The van der Waals surface area contributed by atoms with Crippen molar-refractivity contribution in [1.82, 2.24) is 4.90 Å². The van der Waals surface area contributed by atoms with Gasteiger partial charge in [-0.3, -0.25) is 0 Å². The molecule has 28 heavy (non-hydrogen) atoms. The van der Waals surface area contributed by atoms with Crippen LogP contribution in [-0.2, 0) is 11.8 Å². The third kappa shape index (κ3) is 1.89. The minimum atomic E-state index is -0.818. The number of phenolic OH excluding ortho intramolecular Hbond substituents is 1. The highest BCUT2D eigenvalue weighted by molar-refractivity contribution is 5.62. The van der Waals surface area contributed by atoms with E-state index in [2.05, 4.69) is 29.3 Å². The van der Waals surface area contributed by atoms with Gasteiger partial charge in [0.05, 0.1) is 17.1 Å². The van der Waals surface area contributed by atoms with Gasteiger partial charge in [-0.05, 0) is 55.4 Å². The highest BCUT2D eigenvalue weighted by Gasteiger charge is 2.70. The van der Waals surface area contributed by atoms with Crippen molar-refractivity contribution in [3.05, 3.63) is 65.4 Å². The molecule has 1 spiro atoms. The van der Waals surface area contributed by atoms with Gasteiger partial charge in [-0.25, -0.2) is 0 Å². The second kappa shape index (κ2) is 5.54. The molecule has 2 fully saturated rings. The monoisotopic (exact) mass is 375 g/mol. The van der Waals surface area contributed by atoms with E-state index in [9.17, 15) is 10.2 Å². The smallest absolute Gasteiger partial charge is 0.165 e. The van der Waals surface area contributed by atoms with E-state index < -0.39 is 5.60 Å². The van der Waals surface area contributed by atoms with E-state index in [4.69, 9.17) is 4.74 Å². The number of aliphatic hydroxyl groups is 1. The lowest BCUT2D eigenvalue weighted by molar-refractivity contribution is -0.176. The summed E-state index contributed by atoms with van der Waals surface area (Å²) in [5.41, 5.74) is 2.30. The first-order valence-electron chi connectivity index (χ1n) is 10.4. The highest BCUT2D eigenvalue weighted by atomic mass is 16.5. The number of benzene rings is 2. The molecule has 1 saturated carbocycles. The number of rotatable bonds is 2. The second-order valence-corrected chi connectivity index (χ2v) is 8.78. The Labute approximate surface area is 165 Å². The normalized spacial score (nSPS) is 35.0. The average Bonchev–Trinajstić information content (AvgIpc) is 3.04. The lowest BCUT2D eigenvalue weighted by atomic mass is 9.49. The van der Waals surface area contributed by atoms with Gasteiger partial charge in [0.25, 0.3) is 0 Å². The zero-order valence-corrected chi connectivity index (χ0v) is 15.8. The molecule has 0 aromatic heterocycles. The largest absolute Gasteiger partial charge is 0.504 e. The fourth-order valence-electron chi connectivity index (χ4n) is 6.50. The molecule has 4 heteroatoms. The molecule has 1 saturated heterocycles. The Morgan fingerprint density at radius 3 is 2.82 bits per heavy atom. The molecule has 2 aliphatic carbocycles. The Morgan fingerprint density at radius 2 is 1.96 bits per heavy atom. The van der Waals surface area contributed by atoms with Gasteiger partial charge in [-0.1, -0.05) is 36.4 Å². The van der Waals surface area contributed by atoms with Crippen LogP contribution in [0.25, 0.3) is 6.08 Å². The molecule has 2 bridgehead atoms. The Kier molecular flexibility index (Phi) is 3.26. The molecule has 4 aliphatic rings. The van der Waals surface area contributed by atoms with Gasteiger partial charge < -0.3 is 19.8 Å². The van der Waals surface area contributed by atoms with Crippen LogP contribution in [0.1, 0.15) is 42.4 Å². The van der Waals surface area contributed by atoms with Crippen LogP contribution in [0.15, 0.2) is 48.7 Å². The van der Waals surface area contributed by atoms with Crippen LogP contribution in [0, 0.1) is 0 Å². The van der Waals surface area contributed by atoms with Crippen molar-refractivity contribution in [2.24, 2.45) is 0 Å². The van der Waals surface area contributed by atoms with Crippen molar-refractivity contribution in [2.75, 3.05) is 6.54 Å². The maximum Gasteiger partial charge on any atom is 0.165 e. The average molecular weight is 375 g/mol. The van der Waals surface area contributed by atoms with E-state index >= 15 is 0 Å². The van der Waals surface area contributed by atoms with E-state index in [0.717, 1.165) is 44.2 Å². The minimum absolute atomic E-state index is 0.0312. The molecule has 2 aliphatic heterocycles. The van der Waals surface area contributed by atoms with Crippen LogP contribution in [0.2, 0.25) is 0 Å². The number of hydrogen-bond acceptors (Lipinski definition) is 4. The van der Waals surface area contributed by atoms with E-state index in [-0.39, 0.29) is 23.3 Å². The van der Waals surface area contributed by atoms with Crippen LogP contribution >= 0.6 is 0 Å². The second-order valence-electron chi connectivity index (χ2n) is 8.78. The van der Waals surface area contributed by atoms with Crippen molar-refractivity contribution in [3.8, 4) is 11.5 Å². The lowest BCUT2D eigenvalue weighted by Gasteiger charge is -2.63. The van der Waals surface area contributed by atoms with E-state index in [1.807, 2.05) is 24.3 Å². The molecule has 2 aromatic rings. The predicted molar refractivity (Wildman–Crippen MR) is 107 cm³/mol. The molecular formula is C24H25NO3. The van der Waals surface area contributed by atoms with Gasteiger partial charge in [0, 0.05) is 18.3 Å². The van der Waals surface area contributed by atoms with E-state index in [0.29, 0.717) is 5.75 Å². The molecule has 2 heterocycles. The minimum Gasteiger partial charge on any atom is -0.504 e. The van der Waals surface area contributed by atoms with Crippen molar-refractivity contribution in [1.29, 1.82) is 0 Å². The number of hydrogen-bond donors (Lipinski definition) is 2. The zero-order chi connectivity index (χ0) is 18.9. The Bertz CT molecular complexity index is 971. The van der Waals surface area contributed by atoms with Crippen LogP contribution in [0.4, 0.5) is 0 Å². The zero-order valence-electron chi connectivity index (χ0n) is 15.8. The van der Waals surface area contributed by atoms with Crippen LogP contribution in [0.5, 0.6) is 11.5 Å². The predicted octanol–water partition coefficient (Wildman–Crippen LogP) is 3.61. The van der Waals surface area contributed by atoms with E-state index in [1.54, 1.807) is 6.07 Å². The molecule has 4 nitrogen and oxygen atoms in total. The third-order valence-electron chi connectivity index (χ3n) is 7.66. The van der Waals surface area contributed by atoms with Gasteiger partial charge in [0.1, 0.15) is 6.10 Å². The summed E-state index contributed by atoms with van der Waals surface area (Å²) in [5, 5.41) is 22.6.